The Morgan fingerprint density at radius 2 is 2.23 bits per heavy atom. The zero-order valence-corrected chi connectivity index (χ0v) is 8.28. The molecule has 1 rings (SSSR count). The average molecular weight is 178 g/mol. The monoisotopic (exact) mass is 178 g/mol. The predicted octanol–water partition coefficient (Wildman–Crippen LogP) is 1.59. The molecule has 0 spiro atoms. The number of nitriles is 1. The molecule has 0 atom stereocenters. The van der Waals surface area contributed by atoms with Crippen molar-refractivity contribution in [3.63, 3.8) is 0 Å². The van der Waals surface area contributed by atoms with Crippen molar-refractivity contribution < 1.29 is 0 Å². The summed E-state index contributed by atoms with van der Waals surface area (Å²) in [6.07, 6.45) is 2.63. The number of nitrogens with zero attached hydrogens (tertiary/aromatic N) is 4. The van der Waals surface area contributed by atoms with Crippen molar-refractivity contribution >= 4 is 0 Å². The van der Waals surface area contributed by atoms with Crippen LogP contribution in [0.5, 0.6) is 0 Å². The van der Waals surface area contributed by atoms with Gasteiger partial charge in [0.1, 0.15) is 12.4 Å². The van der Waals surface area contributed by atoms with Crippen LogP contribution in [-0.4, -0.2) is 14.8 Å². The number of rotatable bonds is 2. The van der Waals surface area contributed by atoms with Crippen molar-refractivity contribution in [2.75, 3.05) is 0 Å². The Bertz CT molecular complexity index is 313. The SMILES string of the molecule is CC(C)(C)CCn1cnc(C#N)n1. The van der Waals surface area contributed by atoms with Crippen LogP contribution in [0.1, 0.15) is 33.0 Å². The molecule has 1 heterocycles. The molecule has 0 saturated heterocycles. The highest BCUT2D eigenvalue weighted by molar-refractivity contribution is 5.05. The van der Waals surface area contributed by atoms with E-state index in [1.165, 1.54) is 0 Å². The van der Waals surface area contributed by atoms with Crippen LogP contribution in [0.3, 0.4) is 0 Å². The highest BCUT2D eigenvalue weighted by atomic mass is 15.3. The fraction of sp³-hybridized carbons (Fsp3) is 0.667. The maximum atomic E-state index is 8.49. The molecule has 4 heteroatoms. The van der Waals surface area contributed by atoms with E-state index in [-0.39, 0.29) is 5.82 Å². The van der Waals surface area contributed by atoms with Crippen molar-refractivity contribution in [2.45, 2.75) is 33.7 Å². The maximum Gasteiger partial charge on any atom is 0.252 e. The lowest BCUT2D eigenvalue weighted by atomic mass is 9.92. The van der Waals surface area contributed by atoms with Crippen LogP contribution in [0.4, 0.5) is 0 Å². The van der Waals surface area contributed by atoms with E-state index in [1.54, 1.807) is 11.0 Å². The fourth-order valence-corrected chi connectivity index (χ4v) is 0.904. The molecular weight excluding hydrogens is 164 g/mol. The molecule has 0 amide bonds. The summed E-state index contributed by atoms with van der Waals surface area (Å²) >= 11 is 0. The Labute approximate surface area is 78.2 Å². The predicted molar refractivity (Wildman–Crippen MR) is 48.8 cm³/mol. The Balaban J connectivity index is 2.52. The van der Waals surface area contributed by atoms with E-state index in [1.807, 2.05) is 6.07 Å². The van der Waals surface area contributed by atoms with Gasteiger partial charge >= 0.3 is 0 Å². The zero-order chi connectivity index (χ0) is 9.90. The fourth-order valence-electron chi connectivity index (χ4n) is 0.904. The Morgan fingerprint density at radius 3 is 2.69 bits per heavy atom. The van der Waals surface area contributed by atoms with Gasteiger partial charge in [0.2, 0.25) is 0 Å². The van der Waals surface area contributed by atoms with Crippen LogP contribution in [0.25, 0.3) is 0 Å². The van der Waals surface area contributed by atoms with E-state index in [4.69, 9.17) is 5.26 Å². The minimum atomic E-state index is 0.244. The second-order valence-corrected chi connectivity index (χ2v) is 4.25. The normalized spacial score (nSPS) is 11.2. The van der Waals surface area contributed by atoms with Crippen molar-refractivity contribution in [2.24, 2.45) is 5.41 Å². The van der Waals surface area contributed by atoms with Gasteiger partial charge in [0, 0.05) is 6.54 Å². The van der Waals surface area contributed by atoms with Gasteiger partial charge in [-0.15, -0.1) is 5.10 Å². The molecule has 0 unspecified atom stereocenters. The van der Waals surface area contributed by atoms with Gasteiger partial charge < -0.3 is 0 Å². The molecule has 4 nitrogen and oxygen atoms in total. The lowest BCUT2D eigenvalue weighted by Crippen LogP contribution is -2.10. The molecule has 0 aromatic carbocycles. The summed E-state index contributed by atoms with van der Waals surface area (Å²) in [4.78, 5) is 3.83. The quantitative estimate of drug-likeness (QED) is 0.691. The second kappa shape index (κ2) is 3.56. The standard InChI is InChI=1S/C9H14N4/c1-9(2,3)4-5-13-7-11-8(6-10)12-13/h7H,4-5H2,1-3H3. The summed E-state index contributed by atoms with van der Waals surface area (Å²) in [7, 11) is 0. The number of hydrogen-bond acceptors (Lipinski definition) is 3. The summed E-state index contributed by atoms with van der Waals surface area (Å²) in [5, 5.41) is 12.5. The van der Waals surface area contributed by atoms with E-state index < -0.39 is 0 Å². The summed E-state index contributed by atoms with van der Waals surface area (Å²) < 4.78 is 1.71. The molecule has 1 aromatic rings. The van der Waals surface area contributed by atoms with Crippen molar-refractivity contribution in [1.82, 2.24) is 14.8 Å². The third-order valence-corrected chi connectivity index (χ3v) is 1.73. The minimum Gasteiger partial charge on any atom is -0.252 e. The first-order valence-corrected chi connectivity index (χ1v) is 4.31. The third-order valence-electron chi connectivity index (χ3n) is 1.73. The minimum absolute atomic E-state index is 0.244. The Kier molecular flexibility index (Phi) is 2.66. The largest absolute Gasteiger partial charge is 0.252 e. The van der Waals surface area contributed by atoms with Crippen LogP contribution < -0.4 is 0 Å². The summed E-state index contributed by atoms with van der Waals surface area (Å²) in [6, 6.07) is 1.90. The van der Waals surface area contributed by atoms with Gasteiger partial charge in [-0.25, -0.2) is 4.98 Å². The van der Waals surface area contributed by atoms with Crippen LogP contribution in [0.2, 0.25) is 0 Å². The first-order valence-electron chi connectivity index (χ1n) is 4.31. The Morgan fingerprint density at radius 1 is 1.54 bits per heavy atom. The van der Waals surface area contributed by atoms with Gasteiger partial charge in [-0.2, -0.15) is 5.26 Å². The van der Waals surface area contributed by atoms with Crippen LogP contribution in [0.15, 0.2) is 6.33 Å². The van der Waals surface area contributed by atoms with E-state index in [0.29, 0.717) is 5.41 Å². The van der Waals surface area contributed by atoms with E-state index in [2.05, 4.69) is 30.9 Å². The maximum absolute atomic E-state index is 8.49. The topological polar surface area (TPSA) is 54.5 Å². The molecule has 0 radical (unpaired) electrons. The number of aryl methyl sites for hydroxylation is 1. The molecule has 1 aromatic heterocycles. The molecule has 0 fully saturated rings. The van der Waals surface area contributed by atoms with Gasteiger partial charge in [-0.05, 0) is 11.8 Å². The van der Waals surface area contributed by atoms with Gasteiger partial charge in [0.05, 0.1) is 0 Å². The highest BCUT2D eigenvalue weighted by Gasteiger charge is 2.10. The van der Waals surface area contributed by atoms with Gasteiger partial charge in [-0.3, -0.25) is 4.68 Å². The summed E-state index contributed by atoms with van der Waals surface area (Å²) in [5.74, 6) is 0.244. The van der Waals surface area contributed by atoms with Crippen molar-refractivity contribution in [3.8, 4) is 6.07 Å². The van der Waals surface area contributed by atoms with Crippen molar-refractivity contribution in [3.05, 3.63) is 12.2 Å². The summed E-state index contributed by atoms with van der Waals surface area (Å²) in [5.41, 5.74) is 0.290. The van der Waals surface area contributed by atoms with Gasteiger partial charge in [0.15, 0.2) is 0 Å². The third kappa shape index (κ3) is 3.24. The molecule has 13 heavy (non-hydrogen) atoms. The van der Waals surface area contributed by atoms with Gasteiger partial charge in [-0.1, -0.05) is 20.8 Å². The molecular formula is C9H14N4. The summed E-state index contributed by atoms with van der Waals surface area (Å²) in [6.45, 7) is 7.34. The van der Waals surface area contributed by atoms with Crippen molar-refractivity contribution in [1.29, 1.82) is 5.26 Å². The molecule has 0 aliphatic carbocycles. The second-order valence-electron chi connectivity index (χ2n) is 4.25. The molecule has 0 N–H and O–H groups in total. The first-order chi connectivity index (χ1) is 6.01. The lowest BCUT2D eigenvalue weighted by molar-refractivity contribution is 0.340. The van der Waals surface area contributed by atoms with E-state index in [0.717, 1.165) is 13.0 Å². The molecule has 70 valence electrons. The molecule has 0 bridgehead atoms. The smallest absolute Gasteiger partial charge is 0.252 e. The number of hydrogen-bond donors (Lipinski definition) is 0. The first kappa shape index (κ1) is 9.72. The highest BCUT2D eigenvalue weighted by Crippen LogP contribution is 2.18. The van der Waals surface area contributed by atoms with E-state index >= 15 is 0 Å². The molecule has 0 saturated carbocycles. The Hall–Kier alpha value is -1.37. The van der Waals surface area contributed by atoms with E-state index in [9.17, 15) is 0 Å². The van der Waals surface area contributed by atoms with Crippen LogP contribution in [-0.2, 0) is 6.54 Å². The van der Waals surface area contributed by atoms with Gasteiger partial charge in [0.25, 0.3) is 5.82 Å². The molecule has 0 aliphatic heterocycles. The zero-order valence-electron chi connectivity index (χ0n) is 8.28. The lowest BCUT2D eigenvalue weighted by Gasteiger charge is -2.17. The van der Waals surface area contributed by atoms with Crippen LogP contribution >= 0.6 is 0 Å². The van der Waals surface area contributed by atoms with Crippen LogP contribution in [0, 0.1) is 16.7 Å². The number of aromatic nitrogens is 3. The average Bonchev–Trinajstić information content (AvgIpc) is 2.47. The molecule has 0 aliphatic rings.